The number of hydrogen-bond donors (Lipinski definition) is 0. The van der Waals surface area contributed by atoms with Crippen LogP contribution in [0.2, 0.25) is 223 Å². The van der Waals surface area contributed by atoms with E-state index in [1.807, 2.05) is 6.55 Å². The van der Waals surface area contributed by atoms with Crippen molar-refractivity contribution in [2.24, 2.45) is 0 Å². The molecular formula is C34H106O12Rf2Si16. The smallest absolute Gasteiger partial charge is 0.362 e. The fraction of sp³-hybridized carbons (Fsp3) is 1.00. The molecule has 0 heterocycles. The van der Waals surface area contributed by atoms with Crippen molar-refractivity contribution in [3.8, 4) is 0 Å². The zero-order valence-electron chi connectivity index (χ0n) is 48.6. The monoisotopic (exact) mass is 1690 g/mol. The second kappa shape index (κ2) is 30.7. The molecule has 382 valence electrons. The summed E-state index contributed by atoms with van der Waals surface area (Å²) in [5.41, 5.74) is 0. The summed E-state index contributed by atoms with van der Waals surface area (Å²) in [5.74, 6) is 0. The molecule has 0 aromatic carbocycles. The van der Waals surface area contributed by atoms with Gasteiger partial charge in [-0.2, -0.15) is 0 Å². The molecule has 3 unspecified atom stereocenters. The van der Waals surface area contributed by atoms with Crippen molar-refractivity contribution in [3.05, 3.63) is 0 Å². The van der Waals surface area contributed by atoms with E-state index in [2.05, 4.69) is 216 Å². The molecule has 0 aliphatic carbocycles. The van der Waals surface area contributed by atoms with Gasteiger partial charge in [-0.1, -0.05) is 0 Å². The second-order valence-corrected chi connectivity index (χ2v) is 81.0. The normalized spacial score (nSPS) is 15.1. The molecule has 0 aliphatic rings. The summed E-state index contributed by atoms with van der Waals surface area (Å²) in [6, 6.07) is 0. The zero-order valence-corrected chi connectivity index (χ0v) is 78.0. The van der Waals surface area contributed by atoms with Crippen molar-refractivity contribution in [1.29, 1.82) is 0 Å². The quantitative estimate of drug-likeness (QED) is 0.0858. The van der Waals surface area contributed by atoms with Crippen LogP contribution in [0.3, 0.4) is 0 Å². The Kier molecular flexibility index (Phi) is 36.6. The fourth-order valence-electron chi connectivity index (χ4n) is 5.80. The Morgan fingerprint density at radius 1 is 0.266 bits per heavy atom. The predicted octanol–water partition coefficient (Wildman–Crippen LogP) is 11.9. The van der Waals surface area contributed by atoms with Crippen LogP contribution in [0.1, 0.15) is 0 Å². The Hall–Kier alpha value is 0.990. The van der Waals surface area contributed by atoms with Crippen LogP contribution in [0.15, 0.2) is 0 Å². The van der Waals surface area contributed by atoms with Gasteiger partial charge in [0, 0.05) is 0 Å². The minimum absolute atomic E-state index is 0. The van der Waals surface area contributed by atoms with E-state index in [9.17, 15) is 0 Å². The van der Waals surface area contributed by atoms with E-state index in [-0.39, 0.29) is 0 Å². The second-order valence-electron chi connectivity index (χ2n) is 24.3. The maximum Gasteiger partial charge on any atom is 0.362 e. The average molecular weight is 1690 g/mol. The molecule has 0 saturated carbocycles. The first-order valence-corrected chi connectivity index (χ1v) is 67.4. The van der Waals surface area contributed by atoms with Crippen molar-refractivity contribution in [1.82, 2.24) is 0 Å². The molecule has 30 heteroatoms. The van der Waals surface area contributed by atoms with Crippen molar-refractivity contribution in [2.75, 3.05) is 0 Å². The van der Waals surface area contributed by atoms with Gasteiger partial charge in [-0.25, -0.2) is 0 Å². The van der Waals surface area contributed by atoms with E-state index in [0.29, 0.717) is 0 Å². The predicted molar refractivity (Wildman–Crippen MR) is 310 cm³/mol. The standard InChI is InChI=1S/C10H31O4Si5.C9H28O3Si4.C8H25O3Si4.C7H22O2Si3.2Rf/c1-15(12-17(3,4)5)11-16(2)13-19(9,10)14-18(6,7)8;1-13(10-14(2,3)4)11-16(8,9)12-15(5,6)7;1-12(10-14(3,4)5)9-13(2)11-15(6,7)8;1-10(8-11(2,3)4)9-12(5,6)7;;/h15H,1-10H3;13H,1-9H3;12H,1-8H3;10H,1-7H3;;. The van der Waals surface area contributed by atoms with Crippen LogP contribution < -0.4 is 0 Å². The first-order chi connectivity index (χ1) is 26.6. The third-order valence-corrected chi connectivity index (χ3v) is 50.9. The van der Waals surface area contributed by atoms with Gasteiger partial charge in [0.05, 0.1) is 0 Å². The van der Waals surface area contributed by atoms with E-state index >= 15 is 0 Å². The molecule has 0 aliphatic heterocycles. The average Bonchev–Trinajstić information content (AvgIpc) is 2.78. The molecule has 0 saturated heterocycles. The van der Waals surface area contributed by atoms with Crippen LogP contribution in [0.5, 0.6) is 0 Å². The largest absolute Gasteiger partial charge is 0.439 e. The topological polar surface area (TPSA) is 111 Å². The van der Waals surface area contributed by atoms with Gasteiger partial charge in [0.25, 0.3) is 37.1 Å². The first-order valence-electron chi connectivity index (χ1n) is 22.5. The Bertz CT molecular complexity index is 1150. The molecule has 0 fully saturated rings. The van der Waals surface area contributed by atoms with Crippen LogP contribution in [0, 0.1) is 0 Å². The number of rotatable bonds is 24. The van der Waals surface area contributed by atoms with Crippen LogP contribution in [-0.2, 0) is 49.4 Å². The molecule has 2 radical (unpaired) electrons. The van der Waals surface area contributed by atoms with Gasteiger partial charge < -0.3 is 49.4 Å². The van der Waals surface area contributed by atoms with Gasteiger partial charge >= 0.3 is 35.7 Å². The van der Waals surface area contributed by atoms with Crippen LogP contribution in [-0.4, -0.2) is 139 Å². The van der Waals surface area contributed by atoms with Gasteiger partial charge in [0.1, 0.15) is 0 Å². The minimum atomic E-state index is -2.07. The van der Waals surface area contributed by atoms with Crippen LogP contribution in [0.4, 0.5) is 0 Å². The maximum atomic E-state index is 6.16. The molecule has 0 rings (SSSR count). The van der Waals surface area contributed by atoms with Gasteiger partial charge in [0.2, 0.25) is 0 Å². The minimum Gasteiger partial charge on any atom is -0.439 e. The van der Waals surface area contributed by atoms with E-state index in [1.165, 1.54) is 0 Å². The molecule has 0 N–H and O–H groups in total. The molecule has 12 nitrogen and oxygen atoms in total. The summed E-state index contributed by atoms with van der Waals surface area (Å²) in [5, 5.41) is 0. The summed E-state index contributed by atoms with van der Waals surface area (Å²) < 4.78 is 72.0. The van der Waals surface area contributed by atoms with Crippen molar-refractivity contribution in [2.45, 2.75) is 223 Å². The van der Waals surface area contributed by atoms with Crippen molar-refractivity contribution in [3.63, 3.8) is 0 Å². The maximum absolute atomic E-state index is 6.16. The molecule has 0 spiro atoms. The third kappa shape index (κ3) is 65.1. The number of hydrogen-bond acceptors (Lipinski definition) is 12. The van der Waals surface area contributed by atoms with Crippen molar-refractivity contribution < 1.29 is 49.4 Å². The molecule has 64 heavy (non-hydrogen) atoms. The Balaban J connectivity index is -0.000000175. The summed E-state index contributed by atoms with van der Waals surface area (Å²) in [7, 11) is -23.9. The van der Waals surface area contributed by atoms with Gasteiger partial charge in [-0.3, -0.25) is 0 Å². The van der Waals surface area contributed by atoms with Crippen LogP contribution >= 0.6 is 0 Å². The molecule has 0 bridgehead atoms. The van der Waals surface area contributed by atoms with Gasteiger partial charge in [-0.05, 0) is 223 Å². The van der Waals surface area contributed by atoms with Crippen LogP contribution in [0.25, 0.3) is 0 Å². The summed E-state index contributed by atoms with van der Waals surface area (Å²) in [4.78, 5) is 0. The molecule has 3 atom stereocenters. The van der Waals surface area contributed by atoms with E-state index in [0.717, 1.165) is 0 Å². The van der Waals surface area contributed by atoms with E-state index < -0.39 is 139 Å². The first kappa shape index (κ1) is 76.5. The van der Waals surface area contributed by atoms with E-state index in [1.54, 1.807) is 0 Å². The Morgan fingerprint density at radius 2 is 0.484 bits per heavy atom. The Labute approximate surface area is 408 Å². The van der Waals surface area contributed by atoms with Gasteiger partial charge in [-0.15, -0.1) is 0 Å². The van der Waals surface area contributed by atoms with E-state index in [4.69, 9.17) is 49.4 Å². The molecule has 0 amide bonds. The Morgan fingerprint density at radius 3 is 0.719 bits per heavy atom. The zero-order chi connectivity index (χ0) is 50.9. The van der Waals surface area contributed by atoms with Crippen molar-refractivity contribution >= 4 is 139 Å². The molecule has 0 aromatic heterocycles. The SMILES string of the molecule is C[SiH](O[Si](C)(C)C)O[Si](C)(C)C.C[SiH](O[Si](C)(C)C)O[Si](C)(C)O[Si](C)(C)C.C[Si](O[SiH](C)O[Si](C)(C)C)O[Si](C)(C)C.C[Si](O[SiH](C)O[Si](C)(C)C)O[Si](C)(C)O[Si](C)(C)C.[Rf].[Rf]. The summed E-state index contributed by atoms with van der Waals surface area (Å²) >= 11 is 0. The van der Waals surface area contributed by atoms with Gasteiger partial charge in [0.15, 0.2) is 66.5 Å². The summed E-state index contributed by atoms with van der Waals surface area (Å²) in [6.07, 6.45) is 0. The summed E-state index contributed by atoms with van der Waals surface area (Å²) in [6.45, 7) is 73.8. The fourth-order valence-corrected chi connectivity index (χ4v) is 55.6. The molecular weight excluding hydrogens is 1580 g/mol. The third-order valence-electron chi connectivity index (χ3n) is 5.65. The molecule has 0 aromatic rings.